The quantitative estimate of drug-likeness (QED) is 0.369. The minimum atomic E-state index is -0.590. The number of esters is 1. The van der Waals surface area contributed by atoms with Gasteiger partial charge in [0, 0.05) is 17.8 Å². The first-order chi connectivity index (χ1) is 10.9. The molecule has 0 saturated heterocycles. The van der Waals surface area contributed by atoms with Crippen LogP contribution < -0.4 is 10.6 Å². The van der Waals surface area contributed by atoms with Gasteiger partial charge in [0.05, 0.1) is 23.1 Å². The fraction of sp³-hybridized carbons (Fsp3) is 0.333. The van der Waals surface area contributed by atoms with Crippen molar-refractivity contribution in [2.75, 3.05) is 6.61 Å². The molecule has 1 atom stereocenters. The molecular weight excluding hydrogens is 318 g/mol. The fourth-order valence-corrected chi connectivity index (χ4v) is 2.58. The first-order valence-corrected chi connectivity index (χ1v) is 7.54. The summed E-state index contributed by atoms with van der Waals surface area (Å²) in [5.41, 5.74) is 1.47. The molecule has 0 aromatic heterocycles. The van der Waals surface area contributed by atoms with E-state index in [1.807, 2.05) is 6.92 Å². The number of carbonyl (C=O) groups is 1. The smallest absolute Gasteiger partial charge is 0.338 e. The van der Waals surface area contributed by atoms with E-state index in [4.69, 9.17) is 17.0 Å². The maximum Gasteiger partial charge on any atom is 0.338 e. The van der Waals surface area contributed by atoms with Crippen LogP contribution in [-0.2, 0) is 9.53 Å². The van der Waals surface area contributed by atoms with Crippen molar-refractivity contribution in [3.05, 3.63) is 51.2 Å². The van der Waals surface area contributed by atoms with Gasteiger partial charge in [0.1, 0.15) is 0 Å². The Hall–Kier alpha value is -2.48. The molecule has 0 saturated carbocycles. The van der Waals surface area contributed by atoms with Gasteiger partial charge >= 0.3 is 5.97 Å². The summed E-state index contributed by atoms with van der Waals surface area (Å²) in [4.78, 5) is 22.8. The molecule has 0 fully saturated rings. The van der Waals surface area contributed by atoms with Crippen LogP contribution >= 0.6 is 12.2 Å². The van der Waals surface area contributed by atoms with Crippen LogP contribution in [0.15, 0.2) is 35.5 Å². The molecule has 0 bridgehead atoms. The average molecular weight is 335 g/mol. The number of carbonyl (C=O) groups excluding carboxylic acids is 1. The molecule has 7 nitrogen and oxygen atoms in total. The van der Waals surface area contributed by atoms with Gasteiger partial charge in [-0.1, -0.05) is 19.1 Å². The lowest BCUT2D eigenvalue weighted by atomic mass is 9.95. The Morgan fingerprint density at radius 2 is 2.22 bits per heavy atom. The zero-order valence-corrected chi connectivity index (χ0v) is 13.6. The normalized spacial score (nSPS) is 17.3. The summed E-state index contributed by atoms with van der Waals surface area (Å²) in [6, 6.07) is 5.51. The second-order valence-corrected chi connectivity index (χ2v) is 5.47. The molecule has 1 aliphatic rings. The summed E-state index contributed by atoms with van der Waals surface area (Å²) in [5, 5.41) is 17.2. The number of rotatable bonds is 5. The average Bonchev–Trinajstić information content (AvgIpc) is 2.52. The summed E-state index contributed by atoms with van der Waals surface area (Å²) < 4.78 is 5.21. The lowest BCUT2D eigenvalue weighted by Gasteiger charge is -2.29. The number of thiocarbonyl (C=S) groups is 1. The van der Waals surface area contributed by atoms with Gasteiger partial charge in [-0.3, -0.25) is 10.1 Å². The van der Waals surface area contributed by atoms with Gasteiger partial charge in [0.15, 0.2) is 5.11 Å². The molecule has 0 amide bonds. The van der Waals surface area contributed by atoms with Crippen LogP contribution in [-0.4, -0.2) is 22.6 Å². The predicted molar refractivity (Wildman–Crippen MR) is 88.7 cm³/mol. The van der Waals surface area contributed by atoms with Crippen LogP contribution in [0.5, 0.6) is 0 Å². The Balaban J connectivity index is 2.42. The molecule has 23 heavy (non-hydrogen) atoms. The van der Waals surface area contributed by atoms with Crippen LogP contribution in [0.4, 0.5) is 5.69 Å². The Morgan fingerprint density at radius 3 is 2.87 bits per heavy atom. The number of nitro groups is 1. The Morgan fingerprint density at radius 1 is 1.48 bits per heavy atom. The molecule has 1 aliphatic heterocycles. The molecule has 2 N–H and O–H groups in total. The Kier molecular flexibility index (Phi) is 5.28. The molecular formula is C15H17N3O4S. The number of benzene rings is 1. The van der Waals surface area contributed by atoms with E-state index in [9.17, 15) is 14.9 Å². The lowest BCUT2D eigenvalue weighted by molar-refractivity contribution is -0.384. The highest BCUT2D eigenvalue weighted by Gasteiger charge is 2.31. The number of hydrogen-bond donors (Lipinski definition) is 2. The van der Waals surface area contributed by atoms with Gasteiger partial charge in [-0.2, -0.15) is 0 Å². The summed E-state index contributed by atoms with van der Waals surface area (Å²) in [7, 11) is 0. The van der Waals surface area contributed by atoms with E-state index in [-0.39, 0.29) is 5.69 Å². The Labute approximate surface area is 138 Å². The van der Waals surface area contributed by atoms with Crippen molar-refractivity contribution >= 4 is 29.0 Å². The van der Waals surface area contributed by atoms with E-state index in [1.54, 1.807) is 19.1 Å². The van der Waals surface area contributed by atoms with E-state index < -0.39 is 16.9 Å². The van der Waals surface area contributed by atoms with Crippen molar-refractivity contribution in [1.29, 1.82) is 0 Å². The summed E-state index contributed by atoms with van der Waals surface area (Å²) in [6.45, 7) is 3.93. The molecule has 1 unspecified atom stereocenters. The van der Waals surface area contributed by atoms with Crippen molar-refractivity contribution in [3.63, 3.8) is 0 Å². The molecule has 1 aromatic rings. The molecule has 8 heteroatoms. The van der Waals surface area contributed by atoms with Crippen molar-refractivity contribution < 1.29 is 14.5 Å². The lowest BCUT2D eigenvalue weighted by Crippen LogP contribution is -2.45. The van der Waals surface area contributed by atoms with E-state index >= 15 is 0 Å². The van der Waals surface area contributed by atoms with E-state index in [1.165, 1.54) is 12.1 Å². The highest BCUT2D eigenvalue weighted by molar-refractivity contribution is 7.80. The van der Waals surface area contributed by atoms with Crippen molar-refractivity contribution in [3.8, 4) is 0 Å². The number of nitro benzene ring substituents is 1. The van der Waals surface area contributed by atoms with Gasteiger partial charge < -0.3 is 15.4 Å². The predicted octanol–water partition coefficient (Wildman–Crippen LogP) is 2.34. The fourth-order valence-electron chi connectivity index (χ4n) is 2.30. The second kappa shape index (κ2) is 7.19. The first-order valence-electron chi connectivity index (χ1n) is 7.13. The Bertz CT molecular complexity index is 687. The number of ether oxygens (including phenoxy) is 1. The minimum Gasteiger partial charge on any atom is -0.462 e. The third-order valence-corrected chi connectivity index (χ3v) is 3.56. The van der Waals surface area contributed by atoms with Gasteiger partial charge in [0.2, 0.25) is 0 Å². The number of non-ortho nitro benzene ring substituents is 1. The van der Waals surface area contributed by atoms with Crippen LogP contribution in [0.2, 0.25) is 0 Å². The van der Waals surface area contributed by atoms with E-state index in [0.717, 1.165) is 0 Å². The molecule has 1 heterocycles. The molecule has 0 aliphatic carbocycles. The largest absolute Gasteiger partial charge is 0.462 e. The summed E-state index contributed by atoms with van der Waals surface area (Å²) >= 11 is 5.13. The third kappa shape index (κ3) is 3.84. The maximum absolute atomic E-state index is 12.3. The second-order valence-electron chi connectivity index (χ2n) is 5.06. The highest BCUT2D eigenvalue weighted by atomic mass is 32.1. The molecule has 0 spiro atoms. The van der Waals surface area contributed by atoms with Gasteiger partial charge in [-0.05, 0) is 31.1 Å². The zero-order valence-electron chi connectivity index (χ0n) is 12.8. The number of allylic oxidation sites excluding steroid dienone is 1. The molecule has 122 valence electrons. The van der Waals surface area contributed by atoms with E-state index in [0.29, 0.717) is 35.0 Å². The first kappa shape index (κ1) is 16.9. The number of hydrogen-bond acceptors (Lipinski definition) is 5. The minimum absolute atomic E-state index is 0.0484. The molecule has 2 rings (SSSR count). The topological polar surface area (TPSA) is 93.5 Å². The van der Waals surface area contributed by atoms with E-state index in [2.05, 4.69) is 10.6 Å². The molecule has 0 radical (unpaired) electrons. The number of nitrogens with zero attached hydrogens (tertiary/aromatic N) is 1. The molecule has 1 aromatic carbocycles. The maximum atomic E-state index is 12.3. The monoisotopic (exact) mass is 335 g/mol. The van der Waals surface area contributed by atoms with Crippen molar-refractivity contribution in [2.45, 2.75) is 26.3 Å². The van der Waals surface area contributed by atoms with Crippen LogP contribution in [0.25, 0.3) is 0 Å². The highest BCUT2D eigenvalue weighted by Crippen LogP contribution is 2.29. The van der Waals surface area contributed by atoms with Gasteiger partial charge in [-0.25, -0.2) is 4.79 Å². The van der Waals surface area contributed by atoms with Crippen LogP contribution in [0, 0.1) is 10.1 Å². The number of nitrogens with one attached hydrogen (secondary N) is 2. The third-order valence-electron chi connectivity index (χ3n) is 3.34. The van der Waals surface area contributed by atoms with Gasteiger partial charge in [0.25, 0.3) is 5.69 Å². The summed E-state index contributed by atoms with van der Waals surface area (Å²) in [6.07, 6.45) is 0.707. The summed E-state index contributed by atoms with van der Waals surface area (Å²) in [5.74, 6) is -0.469. The van der Waals surface area contributed by atoms with Crippen LogP contribution in [0.3, 0.4) is 0 Å². The van der Waals surface area contributed by atoms with Crippen LogP contribution in [0.1, 0.15) is 31.9 Å². The van der Waals surface area contributed by atoms with Crippen molar-refractivity contribution in [2.24, 2.45) is 0 Å². The van der Waals surface area contributed by atoms with Crippen molar-refractivity contribution in [1.82, 2.24) is 10.6 Å². The zero-order chi connectivity index (χ0) is 17.0. The SMILES string of the molecule is CCCOC(=O)C1=C(C)NC(=S)NC1c1cccc([N+](=O)[O-])c1. The standard InChI is InChI=1S/C15H17N3O4S/c1-3-7-22-14(19)12-9(2)16-15(23)17-13(12)10-5-4-6-11(8-10)18(20)21/h4-6,8,13H,3,7H2,1-2H3,(H2,16,17,23). The van der Waals surface area contributed by atoms with Gasteiger partial charge in [-0.15, -0.1) is 0 Å².